The topological polar surface area (TPSA) is 74.2 Å². The number of aryl methyl sites for hydroxylation is 2. The van der Waals surface area contributed by atoms with Crippen molar-refractivity contribution in [3.63, 3.8) is 0 Å². The molecule has 36 heavy (non-hydrogen) atoms. The smallest absolute Gasteiger partial charge is 0.304 e. The number of carboxylic acids is 1. The van der Waals surface area contributed by atoms with E-state index in [4.69, 9.17) is 24.1 Å². The molecule has 2 aliphatic rings. The van der Waals surface area contributed by atoms with E-state index in [0.29, 0.717) is 19.8 Å². The van der Waals surface area contributed by atoms with E-state index in [1.807, 2.05) is 18.2 Å². The summed E-state index contributed by atoms with van der Waals surface area (Å²) in [7, 11) is 1.67. The predicted molar refractivity (Wildman–Crippen MR) is 137 cm³/mol. The average Bonchev–Trinajstić information content (AvgIpc) is 3.43. The highest BCUT2D eigenvalue weighted by Crippen LogP contribution is 2.44. The number of hydrogen-bond donors (Lipinski definition) is 1. The molecule has 1 N–H and O–H groups in total. The monoisotopic (exact) mass is 488 g/mol. The molecular weight excluding hydrogens is 456 g/mol. The van der Waals surface area contributed by atoms with Gasteiger partial charge in [-0.2, -0.15) is 0 Å². The van der Waals surface area contributed by atoms with Crippen molar-refractivity contribution in [2.45, 2.75) is 45.1 Å². The first-order chi connectivity index (χ1) is 17.4. The lowest BCUT2D eigenvalue weighted by atomic mass is 9.90. The van der Waals surface area contributed by atoms with Crippen LogP contribution in [0.5, 0.6) is 17.2 Å². The summed E-state index contributed by atoms with van der Waals surface area (Å²) >= 11 is 0. The molecule has 0 bridgehead atoms. The van der Waals surface area contributed by atoms with E-state index in [-0.39, 0.29) is 18.4 Å². The molecule has 1 aliphatic heterocycles. The van der Waals surface area contributed by atoms with Gasteiger partial charge < -0.3 is 24.1 Å². The Bertz CT molecular complexity index is 1260. The van der Waals surface area contributed by atoms with Crippen LogP contribution in [0.15, 0.2) is 48.5 Å². The fourth-order valence-corrected chi connectivity index (χ4v) is 5.52. The van der Waals surface area contributed by atoms with E-state index >= 15 is 0 Å². The van der Waals surface area contributed by atoms with Crippen LogP contribution in [0.25, 0.3) is 11.1 Å². The summed E-state index contributed by atoms with van der Waals surface area (Å²) in [6, 6.07) is 16.5. The second-order valence-electron chi connectivity index (χ2n) is 9.60. The van der Waals surface area contributed by atoms with Gasteiger partial charge in [0.15, 0.2) is 0 Å². The van der Waals surface area contributed by atoms with Crippen molar-refractivity contribution in [3.8, 4) is 28.4 Å². The number of carbonyl (C=O) groups is 1. The molecule has 0 fully saturated rings. The first-order valence-corrected chi connectivity index (χ1v) is 12.4. The fourth-order valence-electron chi connectivity index (χ4n) is 5.52. The molecule has 1 aliphatic carbocycles. The molecule has 0 radical (unpaired) electrons. The molecule has 1 heterocycles. The zero-order valence-electron chi connectivity index (χ0n) is 21.0. The third-order valence-electron chi connectivity index (χ3n) is 7.11. The standard InChI is InChI=1S/C30H32O6/c1-18-13-22(34-12-11-33-3)14-19(2)30(18)26-6-4-5-25-24(26)9-10-27(25)36-21-7-8-23-20(15-29(31)32)17-35-28(23)16-21/h4-8,13-14,16,20,27H,9-12,15,17H2,1-3H3,(H,31,32)/t20-,27-/m1/s1. The molecular formula is C30H32O6. The summed E-state index contributed by atoms with van der Waals surface area (Å²) in [6.07, 6.45) is 1.89. The molecule has 3 aromatic rings. The van der Waals surface area contributed by atoms with Crippen LogP contribution < -0.4 is 14.2 Å². The maximum absolute atomic E-state index is 11.1. The van der Waals surface area contributed by atoms with Crippen molar-refractivity contribution in [2.24, 2.45) is 0 Å². The second kappa shape index (κ2) is 10.2. The Morgan fingerprint density at radius 2 is 1.83 bits per heavy atom. The lowest BCUT2D eigenvalue weighted by Crippen LogP contribution is -2.07. The average molecular weight is 489 g/mol. The number of benzene rings is 3. The number of ether oxygens (including phenoxy) is 4. The number of rotatable bonds is 9. The minimum Gasteiger partial charge on any atom is -0.492 e. The maximum Gasteiger partial charge on any atom is 0.304 e. The molecule has 188 valence electrons. The highest BCUT2D eigenvalue weighted by atomic mass is 16.5. The second-order valence-corrected chi connectivity index (χ2v) is 9.60. The normalized spacial score (nSPS) is 17.9. The minimum atomic E-state index is -0.811. The van der Waals surface area contributed by atoms with Crippen molar-refractivity contribution in [2.75, 3.05) is 26.9 Å². The van der Waals surface area contributed by atoms with E-state index in [2.05, 4.69) is 44.2 Å². The number of hydrogen-bond acceptors (Lipinski definition) is 5. The summed E-state index contributed by atoms with van der Waals surface area (Å²) < 4.78 is 23.2. The molecule has 5 rings (SSSR count). The van der Waals surface area contributed by atoms with E-state index in [1.165, 1.54) is 33.4 Å². The predicted octanol–water partition coefficient (Wildman–Crippen LogP) is 6.01. The van der Waals surface area contributed by atoms with Gasteiger partial charge in [-0.15, -0.1) is 0 Å². The summed E-state index contributed by atoms with van der Waals surface area (Å²) in [4.78, 5) is 11.1. The highest BCUT2D eigenvalue weighted by molar-refractivity contribution is 5.76. The Hall–Kier alpha value is -3.51. The Labute approximate surface area is 211 Å². The van der Waals surface area contributed by atoms with E-state index in [1.54, 1.807) is 7.11 Å². The van der Waals surface area contributed by atoms with Gasteiger partial charge >= 0.3 is 5.97 Å². The molecule has 3 aromatic carbocycles. The van der Waals surface area contributed by atoms with Crippen molar-refractivity contribution in [3.05, 3.63) is 76.3 Å². The molecule has 0 amide bonds. The van der Waals surface area contributed by atoms with Crippen LogP contribution >= 0.6 is 0 Å². The third kappa shape index (κ3) is 4.78. The van der Waals surface area contributed by atoms with Crippen molar-refractivity contribution >= 4 is 5.97 Å². The minimum absolute atomic E-state index is 0.0357. The van der Waals surface area contributed by atoms with Gasteiger partial charge in [0.2, 0.25) is 0 Å². The summed E-state index contributed by atoms with van der Waals surface area (Å²) in [5.41, 5.74) is 8.38. The fraction of sp³-hybridized carbons (Fsp3) is 0.367. The van der Waals surface area contributed by atoms with Crippen molar-refractivity contribution in [1.29, 1.82) is 0 Å². The summed E-state index contributed by atoms with van der Waals surface area (Å²) in [5.74, 6) is 1.42. The molecule has 0 saturated carbocycles. The van der Waals surface area contributed by atoms with Gasteiger partial charge in [0.25, 0.3) is 0 Å². The number of fused-ring (bicyclic) bond motifs is 2. The Balaban J connectivity index is 1.37. The molecule has 2 atom stereocenters. The van der Waals surface area contributed by atoms with Crippen LogP contribution in [0.4, 0.5) is 0 Å². The number of aliphatic carboxylic acids is 1. The van der Waals surface area contributed by atoms with Gasteiger partial charge in [-0.25, -0.2) is 0 Å². The van der Waals surface area contributed by atoms with Crippen LogP contribution in [-0.2, 0) is 16.0 Å². The van der Waals surface area contributed by atoms with Gasteiger partial charge in [0.1, 0.15) is 30.0 Å². The summed E-state index contributed by atoms with van der Waals surface area (Å²) in [5, 5.41) is 9.14. The van der Waals surface area contributed by atoms with Gasteiger partial charge in [0.05, 0.1) is 19.6 Å². The highest BCUT2D eigenvalue weighted by Gasteiger charge is 2.30. The lowest BCUT2D eigenvalue weighted by molar-refractivity contribution is -0.137. The Morgan fingerprint density at radius 3 is 2.58 bits per heavy atom. The van der Waals surface area contributed by atoms with Crippen LogP contribution in [-0.4, -0.2) is 38.0 Å². The molecule has 0 aromatic heterocycles. The van der Waals surface area contributed by atoms with Crippen LogP contribution in [0.1, 0.15) is 52.7 Å². The molecule has 6 nitrogen and oxygen atoms in total. The summed E-state index contributed by atoms with van der Waals surface area (Å²) in [6.45, 7) is 5.76. The van der Waals surface area contributed by atoms with Gasteiger partial charge in [-0.1, -0.05) is 24.3 Å². The Kier molecular flexibility index (Phi) is 6.88. The quantitative estimate of drug-likeness (QED) is 0.372. The first kappa shape index (κ1) is 24.2. The molecule has 0 spiro atoms. The largest absolute Gasteiger partial charge is 0.492 e. The van der Waals surface area contributed by atoms with Crippen LogP contribution in [0.3, 0.4) is 0 Å². The van der Waals surface area contributed by atoms with Crippen molar-refractivity contribution < 1.29 is 28.8 Å². The van der Waals surface area contributed by atoms with Crippen molar-refractivity contribution in [1.82, 2.24) is 0 Å². The first-order valence-electron chi connectivity index (χ1n) is 12.4. The number of carboxylic acid groups (broad SMARTS) is 1. The maximum atomic E-state index is 11.1. The van der Waals surface area contributed by atoms with E-state index < -0.39 is 5.97 Å². The molecule has 0 unspecified atom stereocenters. The zero-order chi connectivity index (χ0) is 25.2. The molecule has 0 saturated heterocycles. The SMILES string of the molecule is COCCOc1cc(C)c(-c2cccc3c2CC[C@H]3Oc2ccc3c(c2)OC[C@H]3CC(=O)O)c(C)c1. The van der Waals surface area contributed by atoms with Gasteiger partial charge in [0, 0.05) is 24.7 Å². The van der Waals surface area contributed by atoms with Gasteiger partial charge in [-0.05, 0) is 78.3 Å². The van der Waals surface area contributed by atoms with Crippen LogP contribution in [0, 0.1) is 13.8 Å². The number of methoxy groups -OCH3 is 1. The molecule has 6 heteroatoms. The van der Waals surface area contributed by atoms with Gasteiger partial charge in [-0.3, -0.25) is 4.79 Å². The zero-order valence-corrected chi connectivity index (χ0v) is 21.0. The Morgan fingerprint density at radius 1 is 1.03 bits per heavy atom. The van der Waals surface area contributed by atoms with E-state index in [0.717, 1.165) is 35.7 Å². The lowest BCUT2D eigenvalue weighted by Gasteiger charge is -2.18. The van der Waals surface area contributed by atoms with E-state index in [9.17, 15) is 4.79 Å². The third-order valence-corrected chi connectivity index (χ3v) is 7.11. The van der Waals surface area contributed by atoms with Crippen LogP contribution in [0.2, 0.25) is 0 Å².